The first kappa shape index (κ1) is 20.5. The van der Waals surface area contributed by atoms with Gasteiger partial charge in [-0.1, -0.05) is 6.92 Å². The molecule has 29 heavy (non-hydrogen) atoms. The van der Waals surface area contributed by atoms with Crippen LogP contribution in [0, 0.1) is 5.92 Å². The molecule has 2 atom stereocenters. The van der Waals surface area contributed by atoms with E-state index in [4.69, 9.17) is 11.5 Å². The molecule has 1 fully saturated rings. The van der Waals surface area contributed by atoms with Crippen LogP contribution in [0.4, 0.5) is 5.69 Å². The molecule has 9 nitrogen and oxygen atoms in total. The zero-order valence-electron chi connectivity index (χ0n) is 15.8. The standard InChI is InChI=1S/C19H21N5O4S/c1-10-2-3-13(14-4-5-15(29-14)17(21)26)24(9-10)19(28)18(27)23-12-6-11(16(20)25)7-22-8-12/h4-8,10,13H,2-3,9H2,1H3,(H2,20,25)(H2,21,26)(H,23,27)/t10-,13+/m0/s1. The van der Waals surface area contributed by atoms with Gasteiger partial charge in [-0.2, -0.15) is 0 Å². The third-order valence-corrected chi connectivity index (χ3v) is 5.95. The van der Waals surface area contributed by atoms with Crippen LogP contribution >= 0.6 is 11.3 Å². The number of anilines is 1. The molecule has 0 aliphatic carbocycles. The highest BCUT2D eigenvalue weighted by atomic mass is 32.1. The fraction of sp³-hybridized carbons (Fsp3) is 0.316. The Hall–Kier alpha value is -3.27. The maximum absolute atomic E-state index is 12.9. The van der Waals surface area contributed by atoms with Crippen LogP contribution in [0.15, 0.2) is 30.6 Å². The molecule has 1 saturated heterocycles. The Morgan fingerprint density at radius 1 is 1.14 bits per heavy atom. The number of likely N-dealkylation sites (tertiary alicyclic amines) is 1. The lowest BCUT2D eigenvalue weighted by atomic mass is 9.93. The number of primary amides is 2. The summed E-state index contributed by atoms with van der Waals surface area (Å²) in [5.74, 6) is -2.51. The number of carbonyl (C=O) groups excluding carboxylic acids is 4. The Bertz CT molecular complexity index is 973. The maximum atomic E-state index is 12.9. The van der Waals surface area contributed by atoms with Crippen molar-refractivity contribution in [3.8, 4) is 0 Å². The molecular weight excluding hydrogens is 394 g/mol. The van der Waals surface area contributed by atoms with E-state index >= 15 is 0 Å². The largest absolute Gasteiger partial charge is 0.366 e. The van der Waals surface area contributed by atoms with Crippen LogP contribution < -0.4 is 16.8 Å². The summed E-state index contributed by atoms with van der Waals surface area (Å²) in [4.78, 5) is 54.7. The molecule has 1 aliphatic heterocycles. The Morgan fingerprint density at radius 3 is 2.55 bits per heavy atom. The molecule has 0 bridgehead atoms. The highest BCUT2D eigenvalue weighted by Crippen LogP contribution is 2.36. The number of amides is 4. The van der Waals surface area contributed by atoms with Crippen molar-refractivity contribution < 1.29 is 19.2 Å². The van der Waals surface area contributed by atoms with Gasteiger partial charge in [0, 0.05) is 17.6 Å². The number of aromatic nitrogens is 1. The molecule has 3 rings (SSSR count). The summed E-state index contributed by atoms with van der Waals surface area (Å²) in [7, 11) is 0. The third kappa shape index (κ3) is 4.60. The van der Waals surface area contributed by atoms with Crippen LogP contribution in [0.3, 0.4) is 0 Å². The van der Waals surface area contributed by atoms with Gasteiger partial charge in [0.2, 0.25) is 5.91 Å². The van der Waals surface area contributed by atoms with Crippen LogP contribution in [-0.2, 0) is 9.59 Å². The molecule has 3 heterocycles. The van der Waals surface area contributed by atoms with Gasteiger partial charge in [-0.3, -0.25) is 24.2 Å². The van der Waals surface area contributed by atoms with Crippen LogP contribution in [0.1, 0.15) is 50.7 Å². The van der Waals surface area contributed by atoms with Crippen molar-refractivity contribution in [1.82, 2.24) is 9.88 Å². The molecule has 0 saturated carbocycles. The lowest BCUT2D eigenvalue weighted by Gasteiger charge is -2.37. The zero-order chi connectivity index (χ0) is 21.1. The lowest BCUT2D eigenvalue weighted by Crippen LogP contribution is -2.46. The predicted octanol–water partition coefficient (Wildman–Crippen LogP) is 1.28. The summed E-state index contributed by atoms with van der Waals surface area (Å²) in [6.45, 7) is 2.43. The Balaban J connectivity index is 1.79. The van der Waals surface area contributed by atoms with E-state index in [2.05, 4.69) is 10.3 Å². The quantitative estimate of drug-likeness (QED) is 0.643. The smallest absolute Gasteiger partial charge is 0.313 e. The van der Waals surface area contributed by atoms with Crippen molar-refractivity contribution in [3.63, 3.8) is 0 Å². The molecule has 2 aromatic rings. The van der Waals surface area contributed by atoms with E-state index in [1.54, 1.807) is 12.1 Å². The second kappa shape index (κ2) is 8.39. The van der Waals surface area contributed by atoms with Crippen molar-refractivity contribution in [1.29, 1.82) is 0 Å². The van der Waals surface area contributed by atoms with Gasteiger partial charge in [-0.25, -0.2) is 0 Å². The molecule has 10 heteroatoms. The van der Waals surface area contributed by atoms with E-state index in [0.717, 1.165) is 11.3 Å². The monoisotopic (exact) mass is 415 g/mol. The van der Waals surface area contributed by atoms with E-state index in [-0.39, 0.29) is 23.2 Å². The van der Waals surface area contributed by atoms with Gasteiger partial charge < -0.3 is 21.7 Å². The number of rotatable bonds is 4. The molecular formula is C19H21N5O4S. The normalized spacial score (nSPS) is 18.9. The summed E-state index contributed by atoms with van der Waals surface area (Å²) in [5.41, 5.74) is 10.9. The number of thiophene rings is 1. The summed E-state index contributed by atoms with van der Waals surface area (Å²) in [6, 6.07) is 4.45. The summed E-state index contributed by atoms with van der Waals surface area (Å²) >= 11 is 1.23. The van der Waals surface area contributed by atoms with E-state index in [1.165, 1.54) is 34.7 Å². The van der Waals surface area contributed by atoms with E-state index in [9.17, 15) is 19.2 Å². The minimum Gasteiger partial charge on any atom is -0.366 e. The molecule has 0 unspecified atom stereocenters. The SMILES string of the molecule is C[C@H]1CC[C@H](c2ccc(C(N)=O)s2)N(C(=O)C(=O)Nc2cncc(C(N)=O)c2)C1. The molecule has 2 aromatic heterocycles. The lowest BCUT2D eigenvalue weighted by molar-refractivity contribution is -0.146. The van der Waals surface area contributed by atoms with E-state index in [1.807, 2.05) is 6.92 Å². The fourth-order valence-corrected chi connectivity index (χ4v) is 4.30. The van der Waals surface area contributed by atoms with E-state index in [0.29, 0.717) is 17.8 Å². The van der Waals surface area contributed by atoms with Crippen molar-refractivity contribution in [2.75, 3.05) is 11.9 Å². The number of piperidine rings is 1. The maximum Gasteiger partial charge on any atom is 0.313 e. The molecule has 0 aromatic carbocycles. The third-order valence-electron chi connectivity index (χ3n) is 4.75. The van der Waals surface area contributed by atoms with E-state index < -0.39 is 23.6 Å². The number of carbonyl (C=O) groups is 4. The van der Waals surface area contributed by atoms with Crippen LogP contribution in [-0.4, -0.2) is 40.1 Å². The predicted molar refractivity (Wildman–Crippen MR) is 107 cm³/mol. The van der Waals surface area contributed by atoms with Gasteiger partial charge in [0.15, 0.2) is 0 Å². The van der Waals surface area contributed by atoms with Gasteiger partial charge in [0.25, 0.3) is 5.91 Å². The molecule has 0 radical (unpaired) electrons. The van der Waals surface area contributed by atoms with Crippen molar-refractivity contribution in [2.45, 2.75) is 25.8 Å². The second-order valence-corrected chi connectivity index (χ2v) is 8.12. The number of nitrogens with two attached hydrogens (primary N) is 2. The second-order valence-electron chi connectivity index (χ2n) is 7.00. The number of nitrogens with one attached hydrogen (secondary N) is 1. The topological polar surface area (TPSA) is 148 Å². The number of pyridine rings is 1. The van der Waals surface area contributed by atoms with Gasteiger partial charge >= 0.3 is 11.8 Å². The number of hydrogen-bond donors (Lipinski definition) is 3. The molecule has 1 aliphatic rings. The molecule has 5 N–H and O–H groups in total. The minimum atomic E-state index is -0.834. The van der Waals surface area contributed by atoms with Gasteiger partial charge in [0.1, 0.15) is 0 Å². The highest BCUT2D eigenvalue weighted by Gasteiger charge is 2.35. The minimum absolute atomic E-state index is 0.122. The van der Waals surface area contributed by atoms with Gasteiger partial charge in [-0.15, -0.1) is 11.3 Å². The molecule has 0 spiro atoms. The number of hydrogen-bond acceptors (Lipinski definition) is 6. The van der Waals surface area contributed by atoms with Gasteiger partial charge in [-0.05, 0) is 37.0 Å². The van der Waals surface area contributed by atoms with Crippen LogP contribution in [0.5, 0.6) is 0 Å². The fourth-order valence-electron chi connectivity index (χ4n) is 3.30. The first-order valence-corrected chi connectivity index (χ1v) is 9.84. The summed E-state index contributed by atoms with van der Waals surface area (Å²) < 4.78 is 0. The Labute approximate surface area is 171 Å². The van der Waals surface area contributed by atoms with Crippen LogP contribution in [0.2, 0.25) is 0 Å². The summed E-state index contributed by atoms with van der Waals surface area (Å²) in [6.07, 6.45) is 4.17. The van der Waals surface area contributed by atoms with Crippen LogP contribution in [0.25, 0.3) is 0 Å². The molecule has 4 amide bonds. The zero-order valence-corrected chi connectivity index (χ0v) is 16.6. The van der Waals surface area contributed by atoms with Crippen molar-refractivity contribution >= 4 is 40.7 Å². The average Bonchev–Trinajstić information content (AvgIpc) is 3.17. The molecule has 152 valence electrons. The Kier molecular flexibility index (Phi) is 5.92. The van der Waals surface area contributed by atoms with Gasteiger partial charge in [0.05, 0.1) is 28.4 Å². The number of nitrogens with zero attached hydrogens (tertiary/aromatic N) is 2. The Morgan fingerprint density at radius 2 is 1.90 bits per heavy atom. The first-order chi connectivity index (χ1) is 13.8. The van der Waals surface area contributed by atoms with Crippen molar-refractivity contribution in [2.24, 2.45) is 17.4 Å². The summed E-state index contributed by atoms with van der Waals surface area (Å²) in [5, 5.41) is 2.47. The van der Waals surface area contributed by atoms with Crippen molar-refractivity contribution in [3.05, 3.63) is 45.9 Å². The average molecular weight is 415 g/mol. The highest BCUT2D eigenvalue weighted by molar-refractivity contribution is 7.14. The first-order valence-electron chi connectivity index (χ1n) is 9.02.